The van der Waals surface area contributed by atoms with E-state index in [1.54, 1.807) is 4.90 Å². The second kappa shape index (κ2) is 5.15. The lowest BCUT2D eigenvalue weighted by atomic mass is 10.2. The maximum Gasteiger partial charge on any atom is 0.417 e. The van der Waals surface area contributed by atoms with Crippen LogP contribution in [0.4, 0.5) is 19.0 Å². The van der Waals surface area contributed by atoms with Gasteiger partial charge in [-0.2, -0.15) is 13.2 Å². The van der Waals surface area contributed by atoms with Gasteiger partial charge in [-0.05, 0) is 12.5 Å². The first-order chi connectivity index (χ1) is 8.82. The van der Waals surface area contributed by atoms with E-state index < -0.39 is 11.7 Å². The third-order valence-electron chi connectivity index (χ3n) is 3.08. The zero-order valence-corrected chi connectivity index (χ0v) is 10.6. The quantitative estimate of drug-likeness (QED) is 0.871. The van der Waals surface area contributed by atoms with Crippen LogP contribution in [0, 0.1) is 0 Å². The summed E-state index contributed by atoms with van der Waals surface area (Å²) in [7, 11) is 0. The predicted octanol–water partition coefficient (Wildman–Crippen LogP) is 1.65. The number of hydrogen-bond donors (Lipinski definition) is 2. The molecule has 4 nitrogen and oxygen atoms in total. The van der Waals surface area contributed by atoms with Crippen LogP contribution in [0.25, 0.3) is 0 Å². The number of rotatable bonds is 2. The molecule has 0 aliphatic carbocycles. The van der Waals surface area contributed by atoms with Crippen molar-refractivity contribution in [2.24, 2.45) is 5.73 Å². The molecule has 0 unspecified atom stereocenters. The molecule has 0 aromatic carbocycles. The zero-order valence-electron chi connectivity index (χ0n) is 9.86. The van der Waals surface area contributed by atoms with Crippen molar-refractivity contribution in [2.75, 3.05) is 18.1 Å². The van der Waals surface area contributed by atoms with Gasteiger partial charge < -0.3 is 15.7 Å². The molecule has 3 N–H and O–H groups in total. The lowest BCUT2D eigenvalue weighted by Crippen LogP contribution is -2.33. The molecule has 2 rings (SSSR count). The predicted molar refractivity (Wildman–Crippen MR) is 65.1 cm³/mol. The molecular formula is C11H13ClF3N3O. The number of halogens is 4. The number of hydrogen-bond acceptors (Lipinski definition) is 4. The SMILES string of the molecule is N[C@@H]1C[C@@H](CO)N(c2ncc(C(F)(F)F)cc2Cl)C1. The highest BCUT2D eigenvalue weighted by Gasteiger charge is 2.35. The van der Waals surface area contributed by atoms with E-state index in [1.807, 2.05) is 0 Å². The van der Waals surface area contributed by atoms with Crippen LogP contribution in [0.5, 0.6) is 0 Å². The van der Waals surface area contributed by atoms with Gasteiger partial charge in [-0.15, -0.1) is 0 Å². The van der Waals surface area contributed by atoms with Crippen LogP contribution in [0.15, 0.2) is 12.3 Å². The van der Waals surface area contributed by atoms with Crippen molar-refractivity contribution in [3.05, 3.63) is 22.8 Å². The maximum atomic E-state index is 12.5. The third-order valence-corrected chi connectivity index (χ3v) is 3.36. The Kier molecular flexibility index (Phi) is 3.89. The van der Waals surface area contributed by atoms with Crippen molar-refractivity contribution in [1.29, 1.82) is 0 Å². The number of aromatic nitrogens is 1. The fourth-order valence-corrected chi connectivity index (χ4v) is 2.46. The van der Waals surface area contributed by atoms with Crippen molar-refractivity contribution < 1.29 is 18.3 Å². The van der Waals surface area contributed by atoms with Gasteiger partial charge in [-0.3, -0.25) is 0 Å². The van der Waals surface area contributed by atoms with E-state index in [0.717, 1.165) is 12.3 Å². The molecule has 2 heterocycles. The Bertz CT molecular complexity index is 469. The van der Waals surface area contributed by atoms with Gasteiger partial charge in [0.25, 0.3) is 0 Å². The number of pyridine rings is 1. The molecule has 106 valence electrons. The Morgan fingerprint density at radius 2 is 2.21 bits per heavy atom. The summed E-state index contributed by atoms with van der Waals surface area (Å²) in [5, 5.41) is 9.15. The molecule has 0 bridgehead atoms. The Labute approximate surface area is 113 Å². The number of aliphatic hydroxyl groups is 1. The summed E-state index contributed by atoms with van der Waals surface area (Å²) in [5.74, 6) is 0.224. The second-order valence-corrected chi connectivity index (χ2v) is 4.92. The zero-order chi connectivity index (χ0) is 14.2. The number of aliphatic hydroxyl groups excluding tert-OH is 1. The lowest BCUT2D eigenvalue weighted by Gasteiger charge is -2.25. The monoisotopic (exact) mass is 295 g/mol. The molecule has 0 spiro atoms. The highest BCUT2D eigenvalue weighted by Crippen LogP contribution is 2.35. The summed E-state index contributed by atoms with van der Waals surface area (Å²) in [5.41, 5.74) is 4.88. The fourth-order valence-electron chi connectivity index (χ4n) is 2.18. The van der Waals surface area contributed by atoms with Gasteiger partial charge in [0.15, 0.2) is 0 Å². The average molecular weight is 296 g/mol. The van der Waals surface area contributed by atoms with Crippen LogP contribution < -0.4 is 10.6 Å². The first kappa shape index (κ1) is 14.4. The standard InChI is InChI=1S/C11H13ClF3N3O/c12-9-1-6(11(13,14)15)3-17-10(9)18-4-7(16)2-8(18)5-19/h1,3,7-8,19H,2,4-5,16H2/t7-,8+/m1/s1. The summed E-state index contributed by atoms with van der Waals surface area (Å²) in [4.78, 5) is 5.41. The highest BCUT2D eigenvalue weighted by molar-refractivity contribution is 6.33. The lowest BCUT2D eigenvalue weighted by molar-refractivity contribution is -0.137. The molecule has 1 fully saturated rings. The van der Waals surface area contributed by atoms with Gasteiger partial charge >= 0.3 is 6.18 Å². The Hall–Kier alpha value is -1.05. The molecule has 0 radical (unpaired) electrons. The van der Waals surface area contributed by atoms with Gasteiger partial charge in [-0.1, -0.05) is 11.6 Å². The second-order valence-electron chi connectivity index (χ2n) is 4.51. The molecule has 0 amide bonds. The highest BCUT2D eigenvalue weighted by atomic mass is 35.5. The fraction of sp³-hybridized carbons (Fsp3) is 0.545. The topological polar surface area (TPSA) is 62.4 Å². The van der Waals surface area contributed by atoms with Crippen molar-refractivity contribution in [2.45, 2.75) is 24.7 Å². The summed E-state index contributed by atoms with van der Waals surface area (Å²) in [6, 6.07) is 0.413. The summed E-state index contributed by atoms with van der Waals surface area (Å²) in [6.07, 6.45) is -3.19. The summed E-state index contributed by atoms with van der Waals surface area (Å²) in [6.45, 7) is 0.260. The van der Waals surface area contributed by atoms with Crippen LogP contribution in [0.2, 0.25) is 5.02 Å². The van der Waals surface area contributed by atoms with Crippen LogP contribution in [0.3, 0.4) is 0 Å². The van der Waals surface area contributed by atoms with Crippen LogP contribution >= 0.6 is 11.6 Å². The van der Waals surface area contributed by atoms with Crippen molar-refractivity contribution >= 4 is 17.4 Å². The molecule has 19 heavy (non-hydrogen) atoms. The molecule has 1 saturated heterocycles. The van der Waals surface area contributed by atoms with Crippen LogP contribution in [0.1, 0.15) is 12.0 Å². The van der Waals surface area contributed by atoms with Crippen LogP contribution in [-0.2, 0) is 6.18 Å². The minimum absolute atomic E-state index is 0.0950. The van der Waals surface area contributed by atoms with Crippen molar-refractivity contribution in [1.82, 2.24) is 4.98 Å². The largest absolute Gasteiger partial charge is 0.417 e. The van der Waals surface area contributed by atoms with E-state index >= 15 is 0 Å². The number of alkyl halides is 3. The van der Waals surface area contributed by atoms with E-state index in [1.165, 1.54) is 0 Å². The van der Waals surface area contributed by atoms with E-state index in [0.29, 0.717) is 13.0 Å². The first-order valence-corrected chi connectivity index (χ1v) is 6.06. The number of nitrogens with zero attached hydrogens (tertiary/aromatic N) is 2. The summed E-state index contributed by atoms with van der Waals surface area (Å²) < 4.78 is 37.5. The maximum absolute atomic E-state index is 12.5. The van der Waals surface area contributed by atoms with E-state index in [2.05, 4.69) is 4.98 Å². The molecular weight excluding hydrogens is 283 g/mol. The van der Waals surface area contributed by atoms with E-state index in [-0.39, 0.29) is 29.5 Å². The Balaban J connectivity index is 2.31. The van der Waals surface area contributed by atoms with Gasteiger partial charge in [0.1, 0.15) is 5.82 Å². The average Bonchev–Trinajstić information content (AvgIpc) is 2.69. The Morgan fingerprint density at radius 3 is 2.74 bits per heavy atom. The van der Waals surface area contributed by atoms with Gasteiger partial charge in [0.05, 0.1) is 23.2 Å². The van der Waals surface area contributed by atoms with Gasteiger partial charge in [0, 0.05) is 18.8 Å². The molecule has 0 saturated carbocycles. The molecule has 8 heteroatoms. The van der Waals surface area contributed by atoms with Crippen molar-refractivity contribution in [3.8, 4) is 0 Å². The minimum atomic E-state index is -4.48. The van der Waals surface area contributed by atoms with Crippen LogP contribution in [-0.4, -0.2) is 35.3 Å². The molecule has 1 aliphatic heterocycles. The number of nitrogens with two attached hydrogens (primary N) is 1. The molecule has 1 aromatic rings. The molecule has 1 aliphatic rings. The van der Waals surface area contributed by atoms with Gasteiger partial charge in [-0.25, -0.2) is 4.98 Å². The smallest absolute Gasteiger partial charge is 0.394 e. The first-order valence-electron chi connectivity index (χ1n) is 5.68. The Morgan fingerprint density at radius 1 is 1.53 bits per heavy atom. The molecule has 2 atom stereocenters. The molecule has 1 aromatic heterocycles. The van der Waals surface area contributed by atoms with Gasteiger partial charge in [0.2, 0.25) is 0 Å². The third kappa shape index (κ3) is 2.93. The van der Waals surface area contributed by atoms with E-state index in [9.17, 15) is 18.3 Å². The summed E-state index contributed by atoms with van der Waals surface area (Å²) >= 11 is 5.86. The van der Waals surface area contributed by atoms with Crippen molar-refractivity contribution in [3.63, 3.8) is 0 Å². The normalized spacial score (nSPS) is 24.0. The number of anilines is 1. The van der Waals surface area contributed by atoms with E-state index in [4.69, 9.17) is 17.3 Å². The minimum Gasteiger partial charge on any atom is -0.394 e.